The second kappa shape index (κ2) is 5.41. The summed E-state index contributed by atoms with van der Waals surface area (Å²) < 4.78 is 1.93. The molecule has 0 bridgehead atoms. The molecule has 2 heterocycles. The van der Waals surface area contributed by atoms with Gasteiger partial charge in [-0.25, -0.2) is 0 Å². The van der Waals surface area contributed by atoms with Crippen molar-refractivity contribution in [3.63, 3.8) is 0 Å². The van der Waals surface area contributed by atoms with E-state index in [1.54, 1.807) is 0 Å². The molecular weight excluding hydrogens is 274 g/mol. The van der Waals surface area contributed by atoms with Crippen LogP contribution < -0.4 is 5.32 Å². The molecule has 4 rings (SSSR count). The van der Waals surface area contributed by atoms with Crippen molar-refractivity contribution in [2.45, 2.75) is 44.6 Å². The second-order valence-electron chi connectivity index (χ2n) is 7.74. The lowest BCUT2D eigenvalue weighted by Crippen LogP contribution is -2.59. The van der Waals surface area contributed by atoms with Crippen molar-refractivity contribution in [1.82, 2.24) is 14.8 Å². The average Bonchev–Trinajstić information content (AvgIpc) is 3.22. The Labute approximate surface area is 132 Å². The Morgan fingerprint density at radius 3 is 2.59 bits per heavy atom. The fourth-order valence-corrected chi connectivity index (χ4v) is 4.25. The minimum Gasteiger partial charge on any atom is -0.356 e. The highest BCUT2D eigenvalue weighted by molar-refractivity contribution is 5.94. The molecule has 2 aliphatic carbocycles. The number of hydrogen-bond acceptors (Lipinski definition) is 2. The van der Waals surface area contributed by atoms with Crippen molar-refractivity contribution in [3.8, 4) is 0 Å². The Bertz CT molecular complexity index is 552. The van der Waals surface area contributed by atoms with Crippen LogP contribution in [-0.2, 0) is 7.05 Å². The van der Waals surface area contributed by atoms with E-state index >= 15 is 0 Å². The van der Waals surface area contributed by atoms with Crippen LogP contribution in [0.5, 0.6) is 0 Å². The first-order chi connectivity index (χ1) is 10.6. The number of piperidine rings is 1. The standard InChI is InChI=1S/C18H27N3O/c1-20-9-5-15(13-20)17(22)19-16-4-6-18(16)7-10-21(11-8-18)12-14-2-3-14/h5,9,13-14,16H,2-4,6-8,10-12H2,1H3,(H,19,22)/t16-/m0/s1. The van der Waals surface area contributed by atoms with Gasteiger partial charge in [-0.3, -0.25) is 4.79 Å². The molecule has 1 atom stereocenters. The molecule has 4 heteroatoms. The summed E-state index contributed by atoms with van der Waals surface area (Å²) >= 11 is 0. The summed E-state index contributed by atoms with van der Waals surface area (Å²) in [7, 11) is 1.96. The summed E-state index contributed by atoms with van der Waals surface area (Å²) in [5, 5.41) is 3.30. The monoisotopic (exact) mass is 301 g/mol. The smallest absolute Gasteiger partial charge is 0.253 e. The summed E-state index contributed by atoms with van der Waals surface area (Å²) in [5.41, 5.74) is 1.18. The van der Waals surface area contributed by atoms with Gasteiger partial charge in [0, 0.05) is 32.0 Å². The van der Waals surface area contributed by atoms with E-state index in [0.717, 1.165) is 17.9 Å². The van der Waals surface area contributed by atoms with Gasteiger partial charge in [0.15, 0.2) is 0 Å². The molecule has 1 aromatic rings. The maximum absolute atomic E-state index is 12.4. The predicted octanol–water partition coefficient (Wildman–Crippen LogP) is 2.41. The first-order valence-corrected chi connectivity index (χ1v) is 8.80. The molecule has 2 saturated carbocycles. The van der Waals surface area contributed by atoms with Gasteiger partial charge in [0.25, 0.3) is 5.91 Å². The summed E-state index contributed by atoms with van der Waals surface area (Å²) in [6, 6.07) is 2.29. The van der Waals surface area contributed by atoms with Crippen LogP contribution in [0.3, 0.4) is 0 Å². The van der Waals surface area contributed by atoms with Crippen LogP contribution in [0.1, 0.15) is 48.9 Å². The van der Waals surface area contributed by atoms with E-state index in [-0.39, 0.29) is 5.91 Å². The minimum absolute atomic E-state index is 0.102. The zero-order valence-electron chi connectivity index (χ0n) is 13.6. The lowest BCUT2D eigenvalue weighted by molar-refractivity contribution is -0.00604. The van der Waals surface area contributed by atoms with Crippen molar-refractivity contribution in [1.29, 1.82) is 0 Å². The summed E-state index contributed by atoms with van der Waals surface area (Å²) in [4.78, 5) is 15.0. The van der Waals surface area contributed by atoms with Gasteiger partial charge in [0.2, 0.25) is 0 Å². The predicted molar refractivity (Wildman–Crippen MR) is 86.7 cm³/mol. The largest absolute Gasteiger partial charge is 0.356 e. The van der Waals surface area contributed by atoms with Crippen molar-refractivity contribution in [2.24, 2.45) is 18.4 Å². The van der Waals surface area contributed by atoms with Crippen molar-refractivity contribution < 1.29 is 4.79 Å². The third-order valence-electron chi connectivity index (χ3n) is 6.13. The molecule has 0 unspecified atom stereocenters. The number of nitrogens with one attached hydrogen (secondary N) is 1. The number of aryl methyl sites for hydroxylation is 1. The molecule has 1 aromatic heterocycles. The number of likely N-dealkylation sites (tertiary alicyclic amines) is 1. The van der Waals surface area contributed by atoms with Gasteiger partial charge in [-0.2, -0.15) is 0 Å². The van der Waals surface area contributed by atoms with E-state index in [1.165, 1.54) is 51.7 Å². The van der Waals surface area contributed by atoms with E-state index in [2.05, 4.69) is 10.2 Å². The van der Waals surface area contributed by atoms with Gasteiger partial charge >= 0.3 is 0 Å². The zero-order valence-corrected chi connectivity index (χ0v) is 13.6. The average molecular weight is 301 g/mol. The Kier molecular flexibility index (Phi) is 3.52. The molecule has 4 nitrogen and oxygen atoms in total. The molecule has 120 valence electrons. The van der Waals surface area contributed by atoms with E-state index < -0.39 is 0 Å². The highest BCUT2D eigenvalue weighted by Gasteiger charge is 2.49. The van der Waals surface area contributed by atoms with Crippen molar-refractivity contribution in [2.75, 3.05) is 19.6 Å². The second-order valence-corrected chi connectivity index (χ2v) is 7.74. The molecular formula is C18H27N3O. The summed E-state index contributed by atoms with van der Waals surface area (Å²) in [6.45, 7) is 3.78. The van der Waals surface area contributed by atoms with Crippen LogP contribution in [0.2, 0.25) is 0 Å². The van der Waals surface area contributed by atoms with Crippen LogP contribution in [0.25, 0.3) is 0 Å². The van der Waals surface area contributed by atoms with Crippen LogP contribution in [0.4, 0.5) is 0 Å². The fraction of sp³-hybridized carbons (Fsp3) is 0.722. The van der Waals surface area contributed by atoms with E-state index in [9.17, 15) is 4.79 Å². The topological polar surface area (TPSA) is 37.3 Å². The normalized spacial score (nSPS) is 27.6. The molecule has 3 fully saturated rings. The third-order valence-corrected chi connectivity index (χ3v) is 6.13. The lowest BCUT2D eigenvalue weighted by Gasteiger charge is -2.54. The lowest BCUT2D eigenvalue weighted by atomic mass is 9.59. The minimum atomic E-state index is 0.102. The number of amides is 1. The molecule has 1 aliphatic heterocycles. The molecule has 0 aromatic carbocycles. The van der Waals surface area contributed by atoms with Crippen molar-refractivity contribution in [3.05, 3.63) is 24.0 Å². The Morgan fingerprint density at radius 2 is 2.05 bits per heavy atom. The first-order valence-electron chi connectivity index (χ1n) is 8.80. The Hall–Kier alpha value is -1.29. The van der Waals surface area contributed by atoms with Gasteiger partial charge in [-0.05, 0) is 69.0 Å². The zero-order chi connectivity index (χ0) is 15.2. The van der Waals surface area contributed by atoms with Gasteiger partial charge in [-0.15, -0.1) is 0 Å². The van der Waals surface area contributed by atoms with Crippen LogP contribution in [0.15, 0.2) is 18.5 Å². The molecule has 1 spiro atoms. The number of rotatable bonds is 4. The van der Waals surface area contributed by atoms with Gasteiger partial charge in [0.05, 0.1) is 5.56 Å². The molecule has 0 radical (unpaired) electrons. The van der Waals surface area contributed by atoms with Gasteiger partial charge in [-0.1, -0.05) is 0 Å². The molecule has 3 aliphatic rings. The van der Waals surface area contributed by atoms with Crippen molar-refractivity contribution >= 4 is 5.91 Å². The number of carbonyl (C=O) groups excluding carboxylic acids is 1. The van der Waals surface area contributed by atoms with Crippen LogP contribution in [0, 0.1) is 11.3 Å². The maximum Gasteiger partial charge on any atom is 0.253 e. The first kappa shape index (κ1) is 14.3. The fourth-order valence-electron chi connectivity index (χ4n) is 4.25. The van der Waals surface area contributed by atoms with Gasteiger partial charge in [0.1, 0.15) is 0 Å². The summed E-state index contributed by atoms with van der Waals surface area (Å²) in [5.74, 6) is 1.09. The summed E-state index contributed by atoms with van der Waals surface area (Å²) in [6.07, 6.45) is 11.7. The van der Waals surface area contributed by atoms with E-state index in [1.807, 2.05) is 30.1 Å². The number of aromatic nitrogens is 1. The Morgan fingerprint density at radius 1 is 1.27 bits per heavy atom. The highest BCUT2D eigenvalue weighted by atomic mass is 16.1. The SMILES string of the molecule is Cn1ccc(C(=O)N[C@H]2CCC23CCN(CC2CC2)CC3)c1. The number of hydrogen-bond donors (Lipinski definition) is 1. The molecule has 1 amide bonds. The molecule has 1 N–H and O–H groups in total. The van der Waals surface area contributed by atoms with Crippen LogP contribution in [-0.4, -0.2) is 41.1 Å². The molecule has 1 saturated heterocycles. The molecule has 22 heavy (non-hydrogen) atoms. The number of nitrogens with zero attached hydrogens (tertiary/aromatic N) is 2. The van der Waals surface area contributed by atoms with E-state index in [0.29, 0.717) is 11.5 Å². The third kappa shape index (κ3) is 2.69. The Balaban J connectivity index is 1.32. The van der Waals surface area contributed by atoms with E-state index in [4.69, 9.17) is 0 Å². The quantitative estimate of drug-likeness (QED) is 0.927. The van der Waals surface area contributed by atoms with Crippen LogP contribution >= 0.6 is 0 Å². The number of carbonyl (C=O) groups is 1. The highest BCUT2D eigenvalue weighted by Crippen LogP contribution is 2.49. The maximum atomic E-state index is 12.4. The van der Waals surface area contributed by atoms with Gasteiger partial charge < -0.3 is 14.8 Å².